The molecular weight excluding hydrogens is 188 g/mol. The Balaban J connectivity index is 3.57. The van der Waals surface area contributed by atoms with Crippen molar-refractivity contribution in [1.29, 1.82) is 0 Å². The van der Waals surface area contributed by atoms with E-state index in [4.69, 9.17) is 0 Å². The highest BCUT2D eigenvalue weighted by atomic mass is 16.6. The lowest BCUT2D eigenvalue weighted by Gasteiger charge is -2.04. The zero-order valence-electron chi connectivity index (χ0n) is 7.68. The summed E-state index contributed by atoms with van der Waals surface area (Å²) in [6.45, 7) is 2.54. The molecule has 0 saturated heterocycles. The van der Waals surface area contributed by atoms with Gasteiger partial charge in [0.15, 0.2) is 0 Å². The summed E-state index contributed by atoms with van der Waals surface area (Å²) in [4.78, 5) is 32.0. The van der Waals surface area contributed by atoms with Gasteiger partial charge in [-0.1, -0.05) is 0 Å². The van der Waals surface area contributed by atoms with Gasteiger partial charge in [-0.3, -0.25) is 19.7 Å². The number of nitro groups is 1. The van der Waals surface area contributed by atoms with Gasteiger partial charge in [-0.2, -0.15) is 0 Å². The van der Waals surface area contributed by atoms with E-state index < -0.39 is 16.4 Å². The van der Waals surface area contributed by atoms with Crippen LogP contribution in [0.3, 0.4) is 0 Å². The van der Waals surface area contributed by atoms with Gasteiger partial charge in [-0.25, -0.2) is 4.57 Å². The minimum Gasteiger partial charge on any atom is -0.274 e. The Kier molecular flexibility index (Phi) is 2.46. The van der Waals surface area contributed by atoms with Gasteiger partial charge in [0.25, 0.3) is 11.2 Å². The van der Waals surface area contributed by atoms with Crippen LogP contribution in [0.5, 0.6) is 0 Å². The summed E-state index contributed by atoms with van der Waals surface area (Å²) in [7, 11) is 0. The van der Waals surface area contributed by atoms with Gasteiger partial charge in [0.1, 0.15) is 5.69 Å². The van der Waals surface area contributed by atoms with E-state index in [0.29, 0.717) is 0 Å². The Hall–Kier alpha value is -1.98. The van der Waals surface area contributed by atoms with Crippen LogP contribution in [0.2, 0.25) is 0 Å². The predicted molar refractivity (Wildman–Crippen MR) is 48.4 cm³/mol. The Morgan fingerprint density at radius 3 is 2.50 bits per heavy atom. The van der Waals surface area contributed by atoms with Crippen LogP contribution < -0.4 is 5.56 Å². The van der Waals surface area contributed by atoms with Crippen LogP contribution in [-0.2, 0) is 0 Å². The zero-order chi connectivity index (χ0) is 10.9. The third-order valence-electron chi connectivity index (χ3n) is 1.82. The van der Waals surface area contributed by atoms with Crippen LogP contribution in [0.4, 0.5) is 5.69 Å². The summed E-state index contributed by atoms with van der Waals surface area (Å²) in [5.74, 6) is -0.531. The molecule has 0 fully saturated rings. The van der Waals surface area contributed by atoms with E-state index in [0.717, 1.165) is 16.7 Å². The fourth-order valence-corrected chi connectivity index (χ4v) is 1.21. The average Bonchev–Trinajstić information content (AvgIpc) is 2.02. The largest absolute Gasteiger partial charge is 0.289 e. The second-order valence-electron chi connectivity index (χ2n) is 2.75. The fraction of sp³-hybridized carbons (Fsp3) is 0.250. The molecule has 0 aromatic carbocycles. The van der Waals surface area contributed by atoms with E-state index in [9.17, 15) is 19.7 Å². The van der Waals surface area contributed by atoms with Crippen molar-refractivity contribution in [3.8, 4) is 0 Å². The topological polar surface area (TPSA) is 82.2 Å². The molecule has 0 amide bonds. The van der Waals surface area contributed by atoms with Crippen molar-refractivity contribution in [1.82, 2.24) is 4.57 Å². The molecular formula is C8H8N2O4. The number of carbonyl (C=O) groups is 1. The van der Waals surface area contributed by atoms with Gasteiger partial charge in [0.2, 0.25) is 5.91 Å². The molecule has 0 bridgehead atoms. The average molecular weight is 196 g/mol. The molecule has 0 atom stereocenters. The Labute approximate surface area is 78.9 Å². The van der Waals surface area contributed by atoms with E-state index in [-0.39, 0.29) is 11.4 Å². The standard InChI is InChI=1S/C8H8N2O4/c1-5-7(10(13)14)3-4-8(12)9(5)6(2)11/h3-4H,1-2H3. The normalized spacial score (nSPS) is 9.86. The number of hydrogen-bond acceptors (Lipinski definition) is 4. The van der Waals surface area contributed by atoms with Crippen molar-refractivity contribution < 1.29 is 9.72 Å². The first-order chi connectivity index (χ1) is 6.45. The number of aromatic nitrogens is 1. The van der Waals surface area contributed by atoms with Gasteiger partial charge in [-0.15, -0.1) is 0 Å². The van der Waals surface area contributed by atoms with E-state index in [1.54, 1.807) is 0 Å². The quantitative estimate of drug-likeness (QED) is 0.489. The minimum atomic E-state index is -0.631. The van der Waals surface area contributed by atoms with Gasteiger partial charge < -0.3 is 0 Å². The molecule has 0 aliphatic rings. The number of nitrogens with zero attached hydrogens (tertiary/aromatic N) is 2. The molecule has 6 nitrogen and oxygen atoms in total. The van der Waals surface area contributed by atoms with Crippen LogP contribution in [-0.4, -0.2) is 15.4 Å². The Morgan fingerprint density at radius 2 is 2.07 bits per heavy atom. The maximum Gasteiger partial charge on any atom is 0.289 e. The third kappa shape index (κ3) is 1.54. The van der Waals surface area contributed by atoms with Crippen molar-refractivity contribution in [3.63, 3.8) is 0 Å². The highest BCUT2D eigenvalue weighted by molar-refractivity contribution is 5.77. The first-order valence-electron chi connectivity index (χ1n) is 3.83. The second-order valence-corrected chi connectivity index (χ2v) is 2.75. The zero-order valence-corrected chi connectivity index (χ0v) is 7.68. The molecule has 0 aliphatic carbocycles. The first kappa shape index (κ1) is 10.1. The number of hydrogen-bond donors (Lipinski definition) is 0. The molecule has 1 aromatic rings. The number of pyridine rings is 1. The molecule has 1 rings (SSSR count). The van der Waals surface area contributed by atoms with E-state index >= 15 is 0 Å². The van der Waals surface area contributed by atoms with E-state index in [1.165, 1.54) is 13.8 Å². The van der Waals surface area contributed by atoms with Crippen LogP contribution in [0.1, 0.15) is 17.4 Å². The number of rotatable bonds is 1. The molecule has 0 saturated carbocycles. The molecule has 74 valence electrons. The van der Waals surface area contributed by atoms with Crippen molar-refractivity contribution in [3.05, 3.63) is 38.3 Å². The van der Waals surface area contributed by atoms with E-state index in [2.05, 4.69) is 0 Å². The third-order valence-corrected chi connectivity index (χ3v) is 1.82. The van der Waals surface area contributed by atoms with Gasteiger partial charge in [0.05, 0.1) is 4.92 Å². The molecule has 14 heavy (non-hydrogen) atoms. The Bertz CT molecular complexity index is 461. The van der Waals surface area contributed by atoms with Crippen LogP contribution >= 0.6 is 0 Å². The van der Waals surface area contributed by atoms with E-state index in [1.807, 2.05) is 0 Å². The SMILES string of the molecule is CC(=O)n1c(C)c([N+](=O)[O-])ccc1=O. The maximum atomic E-state index is 11.2. The van der Waals surface area contributed by atoms with Crippen LogP contribution in [0, 0.1) is 17.0 Å². The lowest BCUT2D eigenvalue weighted by Crippen LogP contribution is -2.26. The summed E-state index contributed by atoms with van der Waals surface area (Å²) in [5.41, 5.74) is -0.740. The molecule has 0 N–H and O–H groups in total. The molecule has 1 aromatic heterocycles. The lowest BCUT2D eigenvalue weighted by atomic mass is 10.3. The first-order valence-corrected chi connectivity index (χ1v) is 3.83. The molecule has 0 spiro atoms. The molecule has 6 heteroatoms. The summed E-state index contributed by atoms with van der Waals surface area (Å²) >= 11 is 0. The van der Waals surface area contributed by atoms with Crippen molar-refractivity contribution in [2.24, 2.45) is 0 Å². The highest BCUT2D eigenvalue weighted by Crippen LogP contribution is 2.13. The van der Waals surface area contributed by atoms with Crippen LogP contribution in [0.15, 0.2) is 16.9 Å². The molecule has 1 heterocycles. The predicted octanol–water partition coefficient (Wildman–Crippen LogP) is 0.725. The molecule has 0 unspecified atom stereocenters. The summed E-state index contributed by atoms with van der Waals surface area (Å²) in [6.07, 6.45) is 0. The second kappa shape index (κ2) is 3.41. The van der Waals surface area contributed by atoms with Crippen molar-refractivity contribution >= 4 is 11.6 Å². The highest BCUT2D eigenvalue weighted by Gasteiger charge is 2.16. The summed E-state index contributed by atoms with van der Waals surface area (Å²) in [5, 5.41) is 10.5. The minimum absolute atomic E-state index is 0.0509. The van der Waals surface area contributed by atoms with Crippen molar-refractivity contribution in [2.45, 2.75) is 13.8 Å². The monoisotopic (exact) mass is 196 g/mol. The summed E-state index contributed by atoms with van der Waals surface area (Å²) < 4.78 is 0.776. The Morgan fingerprint density at radius 1 is 1.50 bits per heavy atom. The van der Waals surface area contributed by atoms with Crippen molar-refractivity contribution in [2.75, 3.05) is 0 Å². The molecule has 0 radical (unpaired) electrons. The fourth-order valence-electron chi connectivity index (χ4n) is 1.21. The van der Waals surface area contributed by atoms with Gasteiger partial charge in [0, 0.05) is 19.1 Å². The number of carbonyl (C=O) groups excluding carboxylic acids is 1. The van der Waals surface area contributed by atoms with Crippen LogP contribution in [0.25, 0.3) is 0 Å². The smallest absolute Gasteiger partial charge is 0.274 e. The van der Waals surface area contributed by atoms with Gasteiger partial charge in [-0.05, 0) is 6.92 Å². The van der Waals surface area contributed by atoms with Gasteiger partial charge >= 0.3 is 0 Å². The lowest BCUT2D eigenvalue weighted by molar-refractivity contribution is -0.385. The maximum absolute atomic E-state index is 11.2. The molecule has 0 aliphatic heterocycles. The summed E-state index contributed by atoms with van der Waals surface area (Å²) in [6, 6.07) is 2.10.